The first-order valence-corrected chi connectivity index (χ1v) is 7.61. The highest BCUT2D eigenvalue weighted by molar-refractivity contribution is 5.31. The molecule has 0 heterocycles. The van der Waals surface area contributed by atoms with Gasteiger partial charge in [0.1, 0.15) is 11.5 Å². The Morgan fingerprint density at radius 2 is 0.875 bits per heavy atom. The quantitative estimate of drug-likeness (QED) is 0.359. The lowest BCUT2D eigenvalue weighted by atomic mass is 9.91. The van der Waals surface area contributed by atoms with E-state index in [9.17, 15) is 65.9 Å². The van der Waals surface area contributed by atoms with Crippen molar-refractivity contribution in [3.63, 3.8) is 0 Å². The maximum Gasteiger partial charge on any atom is 0.460 e. The van der Waals surface area contributed by atoms with Crippen LogP contribution in [0, 0.1) is 0 Å². The summed E-state index contributed by atoms with van der Waals surface area (Å²) in [5, 5.41) is 0. The van der Waals surface area contributed by atoms with Crippen molar-refractivity contribution in [3.05, 3.63) is 24.3 Å². The van der Waals surface area contributed by atoms with E-state index in [4.69, 9.17) is 0 Å². The number of benzene rings is 1. The molecule has 0 unspecified atom stereocenters. The van der Waals surface area contributed by atoms with Crippen LogP contribution in [0.2, 0.25) is 0 Å². The predicted molar refractivity (Wildman–Crippen MR) is 74.2 cm³/mol. The zero-order valence-electron chi connectivity index (χ0n) is 15.0. The third kappa shape index (κ3) is 4.09. The lowest BCUT2D eigenvalue weighted by Crippen LogP contribution is -2.73. The van der Waals surface area contributed by atoms with Crippen molar-refractivity contribution in [1.82, 2.24) is 0 Å². The molecule has 0 aliphatic carbocycles. The highest BCUT2D eigenvalue weighted by Crippen LogP contribution is 2.62. The summed E-state index contributed by atoms with van der Waals surface area (Å²) in [7, 11) is 1.13. The fraction of sp³-hybridized carbons (Fsp3) is 0.600. The van der Waals surface area contributed by atoms with Crippen molar-refractivity contribution in [3.8, 4) is 11.5 Å². The molecule has 0 N–H and O–H groups in total. The van der Waals surface area contributed by atoms with Crippen LogP contribution in [0.5, 0.6) is 11.5 Å². The molecule has 2 nitrogen and oxygen atoms in total. The van der Waals surface area contributed by atoms with Gasteiger partial charge in [0.2, 0.25) is 0 Å². The van der Waals surface area contributed by atoms with Gasteiger partial charge >= 0.3 is 41.7 Å². The smallest absolute Gasteiger partial charge is 0.460 e. The molecule has 0 saturated carbocycles. The monoisotopic (exact) mass is 506 g/mol. The van der Waals surface area contributed by atoms with Crippen LogP contribution in [0.25, 0.3) is 0 Å². The molecule has 0 radical (unpaired) electrons. The first-order valence-electron chi connectivity index (χ1n) is 7.61. The van der Waals surface area contributed by atoms with Crippen molar-refractivity contribution in [1.29, 1.82) is 0 Å². The lowest BCUT2D eigenvalue weighted by Gasteiger charge is -2.41. The van der Waals surface area contributed by atoms with Gasteiger partial charge < -0.3 is 9.47 Å². The van der Waals surface area contributed by atoms with Gasteiger partial charge in [0.05, 0.1) is 7.11 Å². The molecule has 0 aliphatic heterocycles. The van der Waals surface area contributed by atoms with Crippen molar-refractivity contribution in [2.75, 3.05) is 13.7 Å². The zero-order valence-corrected chi connectivity index (χ0v) is 15.0. The topological polar surface area (TPSA) is 18.5 Å². The minimum atomic E-state index is -8.31. The average molecular weight is 506 g/mol. The fourth-order valence-electron chi connectivity index (χ4n) is 1.94. The van der Waals surface area contributed by atoms with Crippen LogP contribution in [0.3, 0.4) is 0 Å². The van der Waals surface area contributed by atoms with Crippen molar-refractivity contribution in [2.45, 2.75) is 41.7 Å². The Kier molecular flexibility index (Phi) is 6.92. The van der Waals surface area contributed by atoms with Gasteiger partial charge in [0.25, 0.3) is 0 Å². The molecular formula is C15H9F15O2. The summed E-state index contributed by atoms with van der Waals surface area (Å²) < 4.78 is 204. The second kappa shape index (κ2) is 7.97. The molecule has 0 saturated heterocycles. The van der Waals surface area contributed by atoms with E-state index in [0.717, 1.165) is 31.4 Å². The van der Waals surface area contributed by atoms with Crippen LogP contribution in [0.1, 0.15) is 0 Å². The van der Waals surface area contributed by atoms with Crippen molar-refractivity contribution < 1.29 is 75.3 Å². The minimum absolute atomic E-state index is 0.0495. The van der Waals surface area contributed by atoms with Crippen molar-refractivity contribution >= 4 is 0 Å². The fourth-order valence-corrected chi connectivity index (χ4v) is 1.94. The van der Waals surface area contributed by atoms with Gasteiger partial charge in [0, 0.05) is 0 Å². The van der Waals surface area contributed by atoms with Gasteiger partial charge in [-0.3, -0.25) is 0 Å². The minimum Gasteiger partial charge on any atom is -0.497 e. The van der Waals surface area contributed by atoms with E-state index in [-0.39, 0.29) is 5.75 Å². The summed E-state index contributed by atoms with van der Waals surface area (Å²) in [6.45, 7) is -2.89. The zero-order chi connectivity index (χ0) is 25.6. The Hall–Kier alpha value is -2.23. The van der Waals surface area contributed by atoms with Crippen LogP contribution in [0.4, 0.5) is 65.9 Å². The molecule has 0 amide bonds. The average Bonchev–Trinajstić information content (AvgIpc) is 2.65. The summed E-state index contributed by atoms with van der Waals surface area (Å²) in [4.78, 5) is 0. The number of methoxy groups -OCH3 is 1. The largest absolute Gasteiger partial charge is 0.497 e. The molecule has 1 rings (SSSR count). The Morgan fingerprint density at radius 3 is 1.25 bits per heavy atom. The van der Waals surface area contributed by atoms with Crippen LogP contribution < -0.4 is 9.47 Å². The molecule has 186 valence electrons. The van der Waals surface area contributed by atoms with E-state index < -0.39 is 54.1 Å². The summed E-state index contributed by atoms with van der Waals surface area (Å²) in [5.74, 6) is -47.5. The number of ether oxygens (including phenoxy) is 2. The van der Waals surface area contributed by atoms with Gasteiger partial charge in [-0.15, -0.1) is 0 Å². The summed E-state index contributed by atoms with van der Waals surface area (Å²) >= 11 is 0. The number of alkyl halides is 15. The molecule has 0 spiro atoms. The third-order valence-corrected chi connectivity index (χ3v) is 3.87. The molecule has 32 heavy (non-hydrogen) atoms. The van der Waals surface area contributed by atoms with Gasteiger partial charge in [-0.1, -0.05) is 0 Å². The van der Waals surface area contributed by atoms with Crippen molar-refractivity contribution in [2.24, 2.45) is 0 Å². The van der Waals surface area contributed by atoms with Crippen LogP contribution >= 0.6 is 0 Å². The lowest BCUT2D eigenvalue weighted by molar-refractivity contribution is -0.453. The first kappa shape index (κ1) is 27.8. The molecule has 0 atom stereocenters. The molecular weight excluding hydrogens is 497 g/mol. The van der Waals surface area contributed by atoms with E-state index in [0.29, 0.717) is 0 Å². The first-order chi connectivity index (χ1) is 14.0. The highest BCUT2D eigenvalue weighted by Gasteiger charge is 2.93. The number of rotatable bonds is 9. The molecule has 1 aromatic carbocycles. The van der Waals surface area contributed by atoms with E-state index in [1.54, 1.807) is 0 Å². The summed E-state index contributed by atoms with van der Waals surface area (Å²) in [5.41, 5.74) is 0. The van der Waals surface area contributed by atoms with E-state index in [1.165, 1.54) is 0 Å². The maximum atomic E-state index is 13.6. The molecule has 17 heteroatoms. The molecule has 0 aliphatic rings. The van der Waals surface area contributed by atoms with E-state index in [2.05, 4.69) is 9.47 Å². The second-order valence-corrected chi connectivity index (χ2v) is 6.04. The second-order valence-electron chi connectivity index (χ2n) is 6.04. The Morgan fingerprint density at radius 1 is 0.531 bits per heavy atom. The van der Waals surface area contributed by atoms with Gasteiger partial charge in [0.15, 0.2) is 6.61 Å². The number of halogens is 15. The van der Waals surface area contributed by atoms with Gasteiger partial charge in [-0.2, -0.15) is 65.9 Å². The van der Waals surface area contributed by atoms with Crippen LogP contribution in [-0.4, -0.2) is 55.4 Å². The number of hydrogen-bond donors (Lipinski definition) is 0. The Bertz CT molecular complexity index is 783. The molecule has 0 fully saturated rings. The van der Waals surface area contributed by atoms with E-state index >= 15 is 0 Å². The van der Waals surface area contributed by atoms with Gasteiger partial charge in [-0.25, -0.2) is 0 Å². The predicted octanol–water partition coefficient (Wildman–Crippen LogP) is 6.45. The Labute approximate surface area is 167 Å². The SMILES string of the molecule is COc1ccc(OCC(F)(F)C(F)(F)C(F)(F)C(F)(F)C(F)(F)C(F)(F)C(F)(F)F)cc1. The molecule has 0 aromatic heterocycles. The normalized spacial score (nSPS) is 15.0. The van der Waals surface area contributed by atoms with E-state index in [1.807, 2.05) is 0 Å². The highest BCUT2D eigenvalue weighted by atomic mass is 19.4. The summed E-state index contributed by atoms with van der Waals surface area (Å²) in [6.07, 6.45) is -7.63. The molecule has 1 aromatic rings. The van der Waals surface area contributed by atoms with Crippen LogP contribution in [-0.2, 0) is 0 Å². The number of hydrogen-bond acceptors (Lipinski definition) is 2. The summed E-state index contributed by atoms with van der Waals surface area (Å²) in [6, 6.07) is 3.40. The van der Waals surface area contributed by atoms with Gasteiger partial charge in [-0.05, 0) is 24.3 Å². The van der Waals surface area contributed by atoms with Crippen LogP contribution in [0.15, 0.2) is 24.3 Å². The Balaban J connectivity index is 3.32. The standard InChI is InChI=1S/C15H9F15O2/c1-31-7-2-4-8(5-3-7)32-6-9(16,17)10(18,19)11(20,21)12(22,23)13(24,25)14(26,27)15(28,29)30/h2-5H,6H2,1H3. The maximum absolute atomic E-state index is 13.6. The third-order valence-electron chi connectivity index (χ3n) is 3.87. The molecule has 0 bridgehead atoms.